The predicted octanol–water partition coefficient (Wildman–Crippen LogP) is 6.38. The number of hydrogen-bond donors (Lipinski definition) is 2. The van der Waals surface area contributed by atoms with Gasteiger partial charge in [0.1, 0.15) is 0 Å². The fraction of sp³-hybridized carbons (Fsp3) is 0.393. The average molecular weight is 463 g/mol. The topological polar surface area (TPSA) is 54.3 Å². The highest BCUT2D eigenvalue weighted by Gasteiger charge is 2.18. The number of aromatic nitrogens is 1. The van der Waals surface area contributed by atoms with Crippen molar-refractivity contribution in [1.29, 1.82) is 0 Å². The van der Waals surface area contributed by atoms with Crippen molar-refractivity contribution < 1.29 is 9.90 Å². The molecular formula is C28H31ClN2O2. The molecule has 5 heteroatoms. The molecule has 2 N–H and O–H groups in total. The number of benzene rings is 2. The largest absolute Gasteiger partial charge is 0.393 e. The van der Waals surface area contributed by atoms with Crippen molar-refractivity contribution in [3.05, 3.63) is 70.4 Å². The minimum absolute atomic E-state index is 0.154. The minimum Gasteiger partial charge on any atom is -0.393 e. The molecule has 0 saturated heterocycles. The van der Waals surface area contributed by atoms with Crippen molar-refractivity contribution in [2.24, 2.45) is 5.92 Å². The summed E-state index contributed by atoms with van der Waals surface area (Å²) in [5, 5.41) is 14.8. The van der Waals surface area contributed by atoms with Crippen molar-refractivity contribution >= 4 is 40.2 Å². The molecule has 1 amide bonds. The molecular weight excluding hydrogens is 432 g/mol. The molecule has 3 aromatic rings. The van der Waals surface area contributed by atoms with Crippen molar-refractivity contribution in [2.45, 2.75) is 64.0 Å². The quantitative estimate of drug-likeness (QED) is 0.432. The summed E-state index contributed by atoms with van der Waals surface area (Å²) >= 11 is 6.24. The lowest BCUT2D eigenvalue weighted by Crippen LogP contribution is -2.19. The summed E-state index contributed by atoms with van der Waals surface area (Å²) < 4.78 is 2.34. The number of aryl methyl sites for hydroxylation is 1. The zero-order chi connectivity index (χ0) is 22.8. The maximum atomic E-state index is 12.7. The summed E-state index contributed by atoms with van der Waals surface area (Å²) in [6, 6.07) is 14.1. The van der Waals surface area contributed by atoms with E-state index < -0.39 is 0 Å². The molecule has 2 aliphatic rings. The van der Waals surface area contributed by atoms with Crippen LogP contribution in [0.1, 0.15) is 55.3 Å². The monoisotopic (exact) mass is 462 g/mol. The highest BCUT2D eigenvalue weighted by Crippen LogP contribution is 2.30. The Morgan fingerprint density at radius 2 is 1.91 bits per heavy atom. The molecule has 0 bridgehead atoms. The van der Waals surface area contributed by atoms with E-state index in [0.29, 0.717) is 12.3 Å². The van der Waals surface area contributed by atoms with Crippen LogP contribution in [0.5, 0.6) is 0 Å². The van der Waals surface area contributed by atoms with Gasteiger partial charge in [-0.3, -0.25) is 4.79 Å². The van der Waals surface area contributed by atoms with Crippen LogP contribution in [0.4, 0.5) is 5.69 Å². The van der Waals surface area contributed by atoms with E-state index in [-0.39, 0.29) is 12.0 Å². The Labute approximate surface area is 200 Å². The Morgan fingerprint density at radius 3 is 2.76 bits per heavy atom. The zero-order valence-corrected chi connectivity index (χ0v) is 19.7. The van der Waals surface area contributed by atoms with Gasteiger partial charge in [0.25, 0.3) is 0 Å². The maximum Gasteiger partial charge on any atom is 0.248 e. The highest BCUT2D eigenvalue weighted by atomic mass is 35.5. The normalized spacial score (nSPS) is 19.2. The van der Waals surface area contributed by atoms with Gasteiger partial charge in [-0.05, 0) is 91.6 Å². The lowest BCUT2D eigenvalue weighted by Gasteiger charge is -2.23. The van der Waals surface area contributed by atoms with Gasteiger partial charge in [-0.25, -0.2) is 0 Å². The first-order chi connectivity index (χ1) is 16.0. The Kier molecular flexibility index (Phi) is 6.57. The third-order valence-electron chi connectivity index (χ3n) is 7.14. The van der Waals surface area contributed by atoms with Gasteiger partial charge in [0, 0.05) is 39.9 Å². The Morgan fingerprint density at radius 1 is 1.06 bits per heavy atom. The fourth-order valence-electron chi connectivity index (χ4n) is 5.39. The van der Waals surface area contributed by atoms with Gasteiger partial charge < -0.3 is 15.0 Å². The third-order valence-corrected chi connectivity index (χ3v) is 7.38. The van der Waals surface area contributed by atoms with Gasteiger partial charge in [0.2, 0.25) is 5.91 Å². The number of rotatable bonds is 5. The van der Waals surface area contributed by atoms with Crippen LogP contribution in [0.3, 0.4) is 0 Å². The maximum absolute atomic E-state index is 12.7. The molecule has 0 spiro atoms. The van der Waals surface area contributed by atoms with Crippen LogP contribution in [-0.2, 0) is 24.2 Å². The summed E-state index contributed by atoms with van der Waals surface area (Å²) in [7, 11) is 0. The molecule has 2 aromatic carbocycles. The number of halogens is 1. The Hall–Kier alpha value is -2.56. The number of anilines is 1. The molecule has 1 atom stereocenters. The van der Waals surface area contributed by atoms with Gasteiger partial charge in [-0.2, -0.15) is 0 Å². The first-order valence-electron chi connectivity index (χ1n) is 12.1. The number of nitrogens with zero attached hydrogens (tertiary/aromatic N) is 1. The highest BCUT2D eigenvalue weighted by molar-refractivity contribution is 6.31. The van der Waals surface area contributed by atoms with Crippen LogP contribution in [0.25, 0.3) is 17.0 Å². The SMILES string of the molecule is O=C(/C=C/c1cc2cc(Cl)ccc2n1CC1CCCCC1)Nc1ccc2c(c1)CC(O)CC2. The van der Waals surface area contributed by atoms with Gasteiger partial charge in [-0.15, -0.1) is 0 Å². The molecule has 4 nitrogen and oxygen atoms in total. The number of nitrogens with one attached hydrogen (secondary N) is 1. The number of hydrogen-bond acceptors (Lipinski definition) is 2. The van der Waals surface area contributed by atoms with E-state index in [9.17, 15) is 9.90 Å². The summed E-state index contributed by atoms with van der Waals surface area (Å²) in [6.45, 7) is 0.972. The number of fused-ring (bicyclic) bond motifs is 2. The van der Waals surface area contributed by atoms with E-state index >= 15 is 0 Å². The van der Waals surface area contributed by atoms with Crippen LogP contribution < -0.4 is 5.32 Å². The summed E-state index contributed by atoms with van der Waals surface area (Å²) in [5.74, 6) is 0.524. The number of carbonyl (C=O) groups excluding carboxylic acids is 1. The molecule has 0 radical (unpaired) electrons. The second kappa shape index (κ2) is 9.74. The fourth-order valence-corrected chi connectivity index (χ4v) is 5.57. The van der Waals surface area contributed by atoms with Gasteiger partial charge in [-0.1, -0.05) is 36.9 Å². The molecule has 2 aliphatic carbocycles. The van der Waals surface area contributed by atoms with Crippen LogP contribution in [0.15, 0.2) is 48.5 Å². The van der Waals surface area contributed by atoms with E-state index in [1.54, 1.807) is 6.08 Å². The summed E-state index contributed by atoms with van der Waals surface area (Å²) in [5.41, 5.74) is 5.35. The van der Waals surface area contributed by atoms with E-state index in [2.05, 4.69) is 28.1 Å². The van der Waals surface area contributed by atoms with E-state index in [1.807, 2.05) is 30.3 Å². The summed E-state index contributed by atoms with van der Waals surface area (Å²) in [6.07, 6.45) is 12.1. The minimum atomic E-state index is -0.289. The first kappa shape index (κ1) is 22.2. The number of aliphatic hydroxyl groups excluding tert-OH is 1. The van der Waals surface area contributed by atoms with Crippen LogP contribution >= 0.6 is 11.6 Å². The number of carbonyl (C=O) groups is 1. The third kappa shape index (κ3) is 5.18. The lowest BCUT2D eigenvalue weighted by molar-refractivity contribution is -0.111. The Balaban J connectivity index is 1.35. The summed E-state index contributed by atoms with van der Waals surface area (Å²) in [4.78, 5) is 12.7. The van der Waals surface area contributed by atoms with E-state index in [1.165, 1.54) is 43.2 Å². The molecule has 0 aliphatic heterocycles. The predicted molar refractivity (Wildman–Crippen MR) is 136 cm³/mol. The Bertz CT molecular complexity index is 1190. The smallest absolute Gasteiger partial charge is 0.248 e. The second-order valence-electron chi connectivity index (χ2n) is 9.59. The van der Waals surface area contributed by atoms with Gasteiger partial charge >= 0.3 is 0 Å². The van der Waals surface area contributed by atoms with Crippen molar-refractivity contribution in [3.63, 3.8) is 0 Å². The van der Waals surface area contributed by atoms with Gasteiger partial charge in [0.15, 0.2) is 0 Å². The van der Waals surface area contributed by atoms with E-state index in [0.717, 1.165) is 46.7 Å². The number of aliphatic hydroxyl groups is 1. The average Bonchev–Trinajstić information content (AvgIpc) is 3.14. The molecule has 1 heterocycles. The molecule has 1 saturated carbocycles. The molecule has 1 aromatic heterocycles. The van der Waals surface area contributed by atoms with E-state index in [4.69, 9.17) is 11.6 Å². The first-order valence-corrected chi connectivity index (χ1v) is 12.5. The van der Waals surface area contributed by atoms with Crippen molar-refractivity contribution in [2.75, 3.05) is 5.32 Å². The second-order valence-corrected chi connectivity index (χ2v) is 10.0. The van der Waals surface area contributed by atoms with Crippen LogP contribution in [0, 0.1) is 5.92 Å². The van der Waals surface area contributed by atoms with Gasteiger partial charge in [0.05, 0.1) is 6.10 Å². The number of amides is 1. The lowest BCUT2D eigenvalue weighted by atomic mass is 9.89. The standard InChI is InChI=1S/C28H31ClN2O2/c29-23-8-12-27-22(14-23)16-25(31(27)18-19-4-2-1-3-5-19)10-13-28(33)30-24-9-6-20-7-11-26(32)17-21(20)15-24/h6,8-10,12-16,19,26,32H,1-5,7,11,17-18H2,(H,30,33)/b13-10+. The molecule has 5 rings (SSSR count). The molecule has 172 valence electrons. The van der Waals surface area contributed by atoms with Crippen molar-refractivity contribution in [3.8, 4) is 0 Å². The molecule has 1 unspecified atom stereocenters. The molecule has 1 fully saturated rings. The van der Waals surface area contributed by atoms with Crippen LogP contribution in [-0.4, -0.2) is 21.7 Å². The van der Waals surface area contributed by atoms with Crippen molar-refractivity contribution in [1.82, 2.24) is 4.57 Å². The zero-order valence-electron chi connectivity index (χ0n) is 18.9. The molecule has 33 heavy (non-hydrogen) atoms. The van der Waals surface area contributed by atoms with Crippen LogP contribution in [0.2, 0.25) is 5.02 Å².